The second-order valence-corrected chi connectivity index (χ2v) is 8.26. The molecule has 10 heteroatoms. The minimum Gasteiger partial charge on any atom is -0.497 e. The van der Waals surface area contributed by atoms with Gasteiger partial charge in [-0.2, -0.15) is 0 Å². The van der Waals surface area contributed by atoms with Gasteiger partial charge >= 0.3 is 11.7 Å². The molecule has 0 saturated heterocycles. The van der Waals surface area contributed by atoms with Crippen LogP contribution in [0.15, 0.2) is 39.9 Å². The first-order valence-electron chi connectivity index (χ1n) is 11.0. The number of pyridine rings is 1. The molecule has 1 amide bonds. The number of hydrogen-bond donors (Lipinski definition) is 1. The summed E-state index contributed by atoms with van der Waals surface area (Å²) in [7, 11) is 2.70. The Kier molecular flexibility index (Phi) is 6.49. The van der Waals surface area contributed by atoms with Gasteiger partial charge in [0.2, 0.25) is 5.91 Å². The van der Waals surface area contributed by atoms with Gasteiger partial charge in [0, 0.05) is 17.8 Å². The molecule has 0 unspecified atom stereocenters. The highest BCUT2D eigenvalue weighted by atomic mass is 16.5. The van der Waals surface area contributed by atoms with E-state index < -0.39 is 29.7 Å². The predicted molar refractivity (Wildman–Crippen MR) is 125 cm³/mol. The summed E-state index contributed by atoms with van der Waals surface area (Å²) in [5.41, 5.74) is -0.782. The highest BCUT2D eigenvalue weighted by molar-refractivity contribution is 6.02. The van der Waals surface area contributed by atoms with Crippen LogP contribution in [0.4, 0.5) is 0 Å². The van der Waals surface area contributed by atoms with E-state index in [0.717, 1.165) is 30.3 Å². The number of rotatable bonds is 6. The third-order valence-electron chi connectivity index (χ3n) is 5.96. The van der Waals surface area contributed by atoms with E-state index in [1.165, 1.54) is 24.9 Å². The summed E-state index contributed by atoms with van der Waals surface area (Å²) in [4.78, 5) is 56.8. The monoisotopic (exact) mass is 466 g/mol. The van der Waals surface area contributed by atoms with Crippen molar-refractivity contribution in [3.8, 4) is 11.4 Å². The number of hydrogen-bond acceptors (Lipinski definition) is 7. The molecular weight excluding hydrogens is 440 g/mol. The Hall–Kier alpha value is -3.95. The number of fused-ring (bicyclic) bond motifs is 1. The summed E-state index contributed by atoms with van der Waals surface area (Å²) >= 11 is 0. The average molecular weight is 466 g/mol. The predicted octanol–water partition coefficient (Wildman–Crippen LogP) is 1.71. The summed E-state index contributed by atoms with van der Waals surface area (Å²) in [5, 5.41) is 2.79. The van der Waals surface area contributed by atoms with Crippen LogP contribution in [0.25, 0.3) is 16.7 Å². The number of ether oxygens (including phenoxy) is 2. The van der Waals surface area contributed by atoms with Gasteiger partial charge in [-0.1, -0.05) is 18.9 Å². The maximum absolute atomic E-state index is 13.6. The van der Waals surface area contributed by atoms with Crippen LogP contribution in [0, 0.1) is 6.92 Å². The van der Waals surface area contributed by atoms with Crippen LogP contribution in [-0.2, 0) is 16.1 Å². The zero-order chi connectivity index (χ0) is 24.4. The van der Waals surface area contributed by atoms with E-state index in [1.54, 1.807) is 31.2 Å². The van der Waals surface area contributed by atoms with Gasteiger partial charge in [-0.15, -0.1) is 0 Å². The van der Waals surface area contributed by atoms with Crippen LogP contribution in [0.2, 0.25) is 0 Å². The Morgan fingerprint density at radius 2 is 1.88 bits per heavy atom. The number of esters is 1. The lowest BCUT2D eigenvalue weighted by Crippen LogP contribution is -2.45. The number of benzene rings is 1. The smallest absolute Gasteiger partial charge is 0.338 e. The van der Waals surface area contributed by atoms with E-state index in [0.29, 0.717) is 17.1 Å². The molecule has 2 aromatic heterocycles. The number of nitrogens with one attached hydrogen (secondary N) is 1. The molecule has 3 aromatic rings. The second-order valence-electron chi connectivity index (χ2n) is 8.26. The molecular formula is C24H26N4O6. The topological polar surface area (TPSA) is 122 Å². The lowest BCUT2D eigenvalue weighted by molar-refractivity contribution is -0.122. The molecule has 0 bridgehead atoms. The maximum atomic E-state index is 13.6. The van der Waals surface area contributed by atoms with Crippen molar-refractivity contribution in [2.45, 2.75) is 45.2 Å². The first-order chi connectivity index (χ1) is 16.3. The molecule has 1 saturated carbocycles. The first-order valence-corrected chi connectivity index (χ1v) is 11.0. The van der Waals surface area contributed by atoms with Crippen molar-refractivity contribution in [3.05, 3.63) is 62.4 Å². The Morgan fingerprint density at radius 1 is 1.15 bits per heavy atom. The van der Waals surface area contributed by atoms with Crippen molar-refractivity contribution < 1.29 is 19.1 Å². The van der Waals surface area contributed by atoms with Gasteiger partial charge in [-0.25, -0.2) is 23.7 Å². The van der Waals surface area contributed by atoms with Crippen molar-refractivity contribution in [3.63, 3.8) is 0 Å². The fourth-order valence-electron chi connectivity index (χ4n) is 4.34. The first kappa shape index (κ1) is 23.2. The van der Waals surface area contributed by atoms with Crippen molar-refractivity contribution in [2.75, 3.05) is 14.2 Å². The van der Waals surface area contributed by atoms with Gasteiger partial charge in [0.05, 0.1) is 30.9 Å². The van der Waals surface area contributed by atoms with Crippen molar-refractivity contribution in [1.82, 2.24) is 19.4 Å². The molecule has 0 radical (unpaired) electrons. The van der Waals surface area contributed by atoms with Gasteiger partial charge in [-0.3, -0.25) is 9.59 Å². The number of nitrogens with zero attached hydrogens (tertiary/aromatic N) is 3. The van der Waals surface area contributed by atoms with Crippen LogP contribution >= 0.6 is 0 Å². The minimum atomic E-state index is -0.784. The van der Waals surface area contributed by atoms with E-state index in [-0.39, 0.29) is 22.6 Å². The maximum Gasteiger partial charge on any atom is 0.338 e. The molecule has 0 aliphatic heterocycles. The van der Waals surface area contributed by atoms with E-state index >= 15 is 0 Å². The second kappa shape index (κ2) is 9.50. The van der Waals surface area contributed by atoms with E-state index in [2.05, 4.69) is 10.3 Å². The molecule has 0 atom stereocenters. The van der Waals surface area contributed by atoms with E-state index in [4.69, 9.17) is 9.47 Å². The van der Waals surface area contributed by atoms with Crippen molar-refractivity contribution >= 4 is 22.9 Å². The fourth-order valence-corrected chi connectivity index (χ4v) is 4.34. The number of carbonyl (C=O) groups is 2. The molecule has 1 fully saturated rings. The van der Waals surface area contributed by atoms with Crippen molar-refractivity contribution in [2.24, 2.45) is 0 Å². The molecule has 34 heavy (non-hydrogen) atoms. The number of amides is 1. The molecule has 1 aliphatic carbocycles. The van der Waals surface area contributed by atoms with Crippen molar-refractivity contribution in [1.29, 1.82) is 0 Å². The molecule has 1 N–H and O–H groups in total. The average Bonchev–Trinajstić information content (AvgIpc) is 3.33. The Balaban J connectivity index is 1.99. The Labute approximate surface area is 195 Å². The summed E-state index contributed by atoms with van der Waals surface area (Å²) in [6.07, 6.45) is 3.78. The summed E-state index contributed by atoms with van der Waals surface area (Å²) in [5.74, 6) is -0.706. The Bertz CT molecular complexity index is 1380. The summed E-state index contributed by atoms with van der Waals surface area (Å²) in [6, 6.07) is 8.11. The van der Waals surface area contributed by atoms with Crippen LogP contribution in [0.3, 0.4) is 0 Å². The van der Waals surface area contributed by atoms with Gasteiger partial charge in [0.15, 0.2) is 5.65 Å². The molecule has 1 aliphatic rings. The lowest BCUT2D eigenvalue weighted by atomic mass is 10.1. The Morgan fingerprint density at radius 3 is 2.56 bits per heavy atom. The van der Waals surface area contributed by atoms with Gasteiger partial charge < -0.3 is 14.8 Å². The third kappa shape index (κ3) is 4.30. The van der Waals surface area contributed by atoms with Gasteiger partial charge in [0.1, 0.15) is 12.3 Å². The summed E-state index contributed by atoms with van der Waals surface area (Å²) in [6.45, 7) is 1.16. The number of aromatic nitrogens is 3. The van der Waals surface area contributed by atoms with E-state index in [9.17, 15) is 19.2 Å². The number of carbonyl (C=O) groups excluding carboxylic acids is 2. The molecule has 178 valence electrons. The molecule has 4 rings (SSSR count). The largest absolute Gasteiger partial charge is 0.497 e. The standard InChI is InChI=1S/C24H26N4O6/c1-14-11-18(23(31)34-3)20-21(25-14)28(16-9-6-10-17(12-16)33-2)24(32)27(22(20)30)13-19(29)26-15-7-4-5-8-15/h6,9-12,15H,4-5,7-8,13H2,1-3H3,(H,26,29). The SMILES string of the molecule is COC(=O)c1cc(C)nc2c1c(=O)n(CC(=O)NC1CCCC1)c(=O)n2-c1cccc(OC)c1. The van der Waals surface area contributed by atoms with E-state index in [1.807, 2.05) is 0 Å². The summed E-state index contributed by atoms with van der Waals surface area (Å²) < 4.78 is 12.2. The number of aryl methyl sites for hydroxylation is 1. The number of methoxy groups -OCH3 is 2. The van der Waals surface area contributed by atoms with Crippen LogP contribution in [0.5, 0.6) is 5.75 Å². The zero-order valence-corrected chi connectivity index (χ0v) is 19.3. The minimum absolute atomic E-state index is 0.00361. The quantitative estimate of drug-likeness (QED) is 0.549. The normalized spacial score (nSPS) is 13.7. The highest BCUT2D eigenvalue weighted by Gasteiger charge is 2.25. The highest BCUT2D eigenvalue weighted by Crippen LogP contribution is 2.21. The lowest BCUT2D eigenvalue weighted by Gasteiger charge is -2.17. The molecule has 0 spiro atoms. The zero-order valence-electron chi connectivity index (χ0n) is 19.3. The van der Waals surface area contributed by atoms with Gasteiger partial charge in [0.25, 0.3) is 5.56 Å². The van der Waals surface area contributed by atoms with Crippen LogP contribution in [0.1, 0.15) is 41.7 Å². The van der Waals surface area contributed by atoms with Gasteiger partial charge in [-0.05, 0) is 38.0 Å². The molecule has 2 heterocycles. The molecule has 10 nitrogen and oxygen atoms in total. The third-order valence-corrected chi connectivity index (χ3v) is 5.96. The molecule has 1 aromatic carbocycles. The fraction of sp³-hybridized carbons (Fsp3) is 0.375. The van der Waals surface area contributed by atoms with Crippen LogP contribution in [-0.4, -0.2) is 46.3 Å². The van der Waals surface area contributed by atoms with Crippen LogP contribution < -0.4 is 21.3 Å².